The summed E-state index contributed by atoms with van der Waals surface area (Å²) in [6.45, 7) is 5.78. The molecule has 0 aliphatic heterocycles. The first kappa shape index (κ1) is 14.9. The van der Waals surface area contributed by atoms with Crippen molar-refractivity contribution in [1.82, 2.24) is 0 Å². The zero-order valence-corrected chi connectivity index (χ0v) is 12.5. The third-order valence-electron chi connectivity index (χ3n) is 3.24. The van der Waals surface area contributed by atoms with Crippen molar-refractivity contribution >= 4 is 11.6 Å². The number of para-hydroxylation sites is 1. The van der Waals surface area contributed by atoms with Crippen molar-refractivity contribution in [2.75, 3.05) is 5.32 Å². The van der Waals surface area contributed by atoms with Gasteiger partial charge in [0.05, 0.1) is 6.26 Å². The normalized spacial score (nSPS) is 11.1. The van der Waals surface area contributed by atoms with E-state index in [1.165, 1.54) is 11.8 Å². The number of carbonyl (C=O) groups is 1. The van der Waals surface area contributed by atoms with Gasteiger partial charge in [0.15, 0.2) is 0 Å². The Morgan fingerprint density at radius 2 is 1.76 bits per heavy atom. The quantitative estimate of drug-likeness (QED) is 0.673. The molecule has 0 unspecified atom stereocenters. The minimum atomic E-state index is -0.172. The summed E-state index contributed by atoms with van der Waals surface area (Å²) in [6.07, 6.45) is 1.46. The summed E-state index contributed by atoms with van der Waals surface area (Å²) >= 11 is 0. The zero-order valence-electron chi connectivity index (χ0n) is 12.5. The largest absolute Gasteiger partial charge is 0.465 e. The van der Waals surface area contributed by atoms with Crippen molar-refractivity contribution in [3.63, 3.8) is 0 Å². The van der Waals surface area contributed by atoms with Crippen LogP contribution in [0.5, 0.6) is 5.75 Å². The number of amides is 1. The van der Waals surface area contributed by atoms with Crippen molar-refractivity contribution in [1.29, 1.82) is 0 Å². The van der Waals surface area contributed by atoms with Crippen LogP contribution in [0.15, 0.2) is 60.4 Å². The van der Waals surface area contributed by atoms with Gasteiger partial charge in [-0.2, -0.15) is 0 Å². The van der Waals surface area contributed by atoms with E-state index in [9.17, 15) is 4.79 Å². The summed E-state index contributed by atoms with van der Waals surface area (Å²) in [5.41, 5.74) is 3.65. The molecule has 108 valence electrons. The fraction of sp³-hybridized carbons (Fsp3) is 0.167. The van der Waals surface area contributed by atoms with Crippen LogP contribution in [-0.2, 0) is 4.79 Å². The van der Waals surface area contributed by atoms with Crippen LogP contribution in [0.3, 0.4) is 0 Å². The Kier molecular flexibility index (Phi) is 4.77. The van der Waals surface area contributed by atoms with Gasteiger partial charge in [0, 0.05) is 11.3 Å². The van der Waals surface area contributed by atoms with E-state index in [0.717, 1.165) is 11.3 Å². The SMILES string of the molecule is CC(=COc1ccccc1)C(=O)Nc1ccc(C)c(C)c1. The van der Waals surface area contributed by atoms with E-state index >= 15 is 0 Å². The lowest BCUT2D eigenvalue weighted by Crippen LogP contribution is -2.13. The van der Waals surface area contributed by atoms with Crippen LogP contribution >= 0.6 is 0 Å². The molecule has 0 saturated carbocycles. The molecule has 0 atom stereocenters. The van der Waals surface area contributed by atoms with Crippen LogP contribution in [-0.4, -0.2) is 5.91 Å². The molecule has 0 heterocycles. The molecule has 0 bridgehead atoms. The number of carbonyl (C=O) groups excluding carboxylic acids is 1. The van der Waals surface area contributed by atoms with E-state index in [1.54, 1.807) is 6.92 Å². The van der Waals surface area contributed by atoms with Crippen molar-refractivity contribution in [2.24, 2.45) is 0 Å². The highest BCUT2D eigenvalue weighted by atomic mass is 16.5. The molecule has 2 rings (SSSR count). The van der Waals surface area contributed by atoms with Crippen molar-refractivity contribution in [2.45, 2.75) is 20.8 Å². The molecule has 0 fully saturated rings. The summed E-state index contributed by atoms with van der Waals surface area (Å²) in [5.74, 6) is 0.532. The zero-order chi connectivity index (χ0) is 15.2. The highest BCUT2D eigenvalue weighted by Crippen LogP contribution is 2.15. The third kappa shape index (κ3) is 4.21. The lowest BCUT2D eigenvalue weighted by atomic mass is 10.1. The maximum absolute atomic E-state index is 12.1. The van der Waals surface area contributed by atoms with E-state index in [1.807, 2.05) is 62.4 Å². The van der Waals surface area contributed by atoms with Crippen molar-refractivity contribution in [3.8, 4) is 5.75 Å². The molecular weight excluding hydrogens is 262 g/mol. The minimum absolute atomic E-state index is 0.172. The van der Waals surface area contributed by atoms with Crippen LogP contribution in [0.4, 0.5) is 5.69 Å². The lowest BCUT2D eigenvalue weighted by molar-refractivity contribution is -0.112. The number of ether oxygens (including phenoxy) is 1. The van der Waals surface area contributed by atoms with Gasteiger partial charge in [0.2, 0.25) is 0 Å². The van der Waals surface area contributed by atoms with E-state index in [4.69, 9.17) is 4.74 Å². The first-order valence-corrected chi connectivity index (χ1v) is 6.83. The maximum Gasteiger partial charge on any atom is 0.254 e. The predicted molar refractivity (Wildman–Crippen MR) is 85.4 cm³/mol. The van der Waals surface area contributed by atoms with Gasteiger partial charge in [-0.1, -0.05) is 24.3 Å². The van der Waals surface area contributed by atoms with Gasteiger partial charge in [0.1, 0.15) is 5.75 Å². The molecule has 2 aromatic carbocycles. The van der Waals surface area contributed by atoms with Crippen molar-refractivity contribution in [3.05, 3.63) is 71.5 Å². The van der Waals surface area contributed by atoms with Gasteiger partial charge in [0.25, 0.3) is 5.91 Å². The summed E-state index contributed by atoms with van der Waals surface area (Å²) in [7, 11) is 0. The van der Waals surface area contributed by atoms with Crippen LogP contribution in [0.25, 0.3) is 0 Å². The summed E-state index contributed by atoms with van der Waals surface area (Å²) in [4.78, 5) is 12.1. The first-order chi connectivity index (χ1) is 10.1. The lowest BCUT2D eigenvalue weighted by Gasteiger charge is -2.08. The molecule has 1 N–H and O–H groups in total. The Balaban J connectivity index is 2.00. The molecule has 0 radical (unpaired) electrons. The molecule has 3 nitrogen and oxygen atoms in total. The Bertz CT molecular complexity index is 660. The Hall–Kier alpha value is -2.55. The molecule has 0 aliphatic rings. The molecule has 0 aliphatic carbocycles. The monoisotopic (exact) mass is 281 g/mol. The smallest absolute Gasteiger partial charge is 0.254 e. The standard InChI is InChI=1S/C18H19NO2/c1-13-9-10-16(11-14(13)2)19-18(20)15(3)12-21-17-7-5-4-6-8-17/h4-12H,1-3H3,(H,19,20). The van der Waals surface area contributed by atoms with Gasteiger partial charge in [-0.15, -0.1) is 0 Å². The maximum atomic E-state index is 12.1. The highest BCUT2D eigenvalue weighted by molar-refractivity contribution is 6.03. The van der Waals surface area contributed by atoms with E-state index in [0.29, 0.717) is 11.3 Å². The number of nitrogens with one attached hydrogen (secondary N) is 1. The fourth-order valence-electron chi connectivity index (χ4n) is 1.76. The summed E-state index contributed by atoms with van der Waals surface area (Å²) in [6, 6.07) is 15.2. The molecule has 3 heteroatoms. The molecule has 21 heavy (non-hydrogen) atoms. The molecule has 0 spiro atoms. The highest BCUT2D eigenvalue weighted by Gasteiger charge is 2.06. The third-order valence-corrected chi connectivity index (χ3v) is 3.24. The predicted octanol–water partition coefficient (Wildman–Crippen LogP) is 4.22. The van der Waals surface area contributed by atoms with Gasteiger partial charge in [-0.25, -0.2) is 0 Å². The second-order valence-corrected chi connectivity index (χ2v) is 4.98. The van der Waals surface area contributed by atoms with Crippen LogP contribution < -0.4 is 10.1 Å². The van der Waals surface area contributed by atoms with Crippen LogP contribution in [0, 0.1) is 13.8 Å². The topological polar surface area (TPSA) is 38.3 Å². The average molecular weight is 281 g/mol. The second-order valence-electron chi connectivity index (χ2n) is 4.98. The van der Waals surface area contributed by atoms with Gasteiger partial charge < -0.3 is 10.1 Å². The van der Waals surface area contributed by atoms with Crippen LogP contribution in [0.2, 0.25) is 0 Å². The van der Waals surface area contributed by atoms with Crippen molar-refractivity contribution < 1.29 is 9.53 Å². The first-order valence-electron chi connectivity index (χ1n) is 6.83. The molecule has 2 aromatic rings. The Morgan fingerprint density at radius 3 is 2.43 bits per heavy atom. The average Bonchev–Trinajstić information content (AvgIpc) is 2.49. The van der Waals surface area contributed by atoms with Gasteiger partial charge in [-0.05, 0) is 56.2 Å². The number of hydrogen-bond donors (Lipinski definition) is 1. The van der Waals surface area contributed by atoms with Gasteiger partial charge >= 0.3 is 0 Å². The van der Waals surface area contributed by atoms with Crippen LogP contribution in [0.1, 0.15) is 18.1 Å². The Morgan fingerprint density at radius 1 is 1.05 bits per heavy atom. The molecule has 0 aromatic heterocycles. The minimum Gasteiger partial charge on any atom is -0.465 e. The Labute approximate surface area is 125 Å². The number of aryl methyl sites for hydroxylation is 2. The van der Waals surface area contributed by atoms with E-state index in [-0.39, 0.29) is 5.91 Å². The second kappa shape index (κ2) is 6.75. The summed E-state index contributed by atoms with van der Waals surface area (Å²) < 4.78 is 5.45. The van der Waals surface area contributed by atoms with E-state index in [2.05, 4.69) is 5.32 Å². The number of rotatable bonds is 4. The van der Waals surface area contributed by atoms with Gasteiger partial charge in [-0.3, -0.25) is 4.79 Å². The molecule has 0 saturated heterocycles. The fourth-order valence-corrected chi connectivity index (χ4v) is 1.76. The molecular formula is C18H19NO2. The number of hydrogen-bond acceptors (Lipinski definition) is 2. The molecule has 1 amide bonds. The number of anilines is 1. The number of benzene rings is 2. The summed E-state index contributed by atoms with van der Waals surface area (Å²) in [5, 5.41) is 2.86. The van der Waals surface area contributed by atoms with E-state index < -0.39 is 0 Å².